The zero-order valence-corrected chi connectivity index (χ0v) is 9.52. The van der Waals surface area contributed by atoms with Gasteiger partial charge in [-0.15, -0.1) is 0 Å². The molecule has 3 heteroatoms. The molecule has 1 aliphatic rings. The summed E-state index contributed by atoms with van der Waals surface area (Å²) in [6.07, 6.45) is 2.59. The van der Waals surface area contributed by atoms with Crippen molar-refractivity contribution in [2.75, 3.05) is 13.2 Å². The van der Waals surface area contributed by atoms with Crippen LogP contribution in [0.25, 0.3) is 0 Å². The van der Waals surface area contributed by atoms with Gasteiger partial charge in [0, 0.05) is 13.2 Å². The van der Waals surface area contributed by atoms with Gasteiger partial charge in [0.25, 0.3) is 0 Å². The van der Waals surface area contributed by atoms with Crippen molar-refractivity contribution in [3.63, 3.8) is 0 Å². The summed E-state index contributed by atoms with van der Waals surface area (Å²) >= 11 is 0. The predicted octanol–water partition coefficient (Wildman–Crippen LogP) is 1.84. The van der Waals surface area contributed by atoms with Crippen molar-refractivity contribution in [3.05, 3.63) is 35.4 Å². The molecule has 0 unspecified atom stereocenters. The standard InChI is InChI=1S/C13H19NO2/c14-8-11-3-1-4-12(7-11)9-15-10-13-5-2-6-16-13/h1,3-4,7,13H,2,5-6,8-10,14H2/t13-/m0/s1. The fourth-order valence-electron chi connectivity index (χ4n) is 1.93. The van der Waals surface area contributed by atoms with Crippen molar-refractivity contribution in [2.24, 2.45) is 5.73 Å². The maximum atomic E-state index is 5.64. The van der Waals surface area contributed by atoms with Gasteiger partial charge in [0.15, 0.2) is 0 Å². The zero-order valence-electron chi connectivity index (χ0n) is 9.52. The number of nitrogens with two attached hydrogens (primary N) is 1. The Morgan fingerprint density at radius 2 is 2.25 bits per heavy atom. The topological polar surface area (TPSA) is 44.5 Å². The molecule has 0 amide bonds. The lowest BCUT2D eigenvalue weighted by Crippen LogP contribution is -2.13. The average Bonchev–Trinajstić information content (AvgIpc) is 2.82. The molecule has 16 heavy (non-hydrogen) atoms. The lowest BCUT2D eigenvalue weighted by atomic mass is 10.1. The minimum atomic E-state index is 0.303. The summed E-state index contributed by atoms with van der Waals surface area (Å²) in [6, 6.07) is 8.21. The van der Waals surface area contributed by atoms with Gasteiger partial charge in [-0.25, -0.2) is 0 Å². The number of hydrogen-bond donors (Lipinski definition) is 1. The van der Waals surface area contributed by atoms with Crippen molar-refractivity contribution in [2.45, 2.75) is 32.1 Å². The van der Waals surface area contributed by atoms with Crippen LogP contribution in [0.1, 0.15) is 24.0 Å². The van der Waals surface area contributed by atoms with Crippen LogP contribution in [0.2, 0.25) is 0 Å². The third kappa shape index (κ3) is 3.30. The summed E-state index contributed by atoms with van der Waals surface area (Å²) < 4.78 is 11.1. The van der Waals surface area contributed by atoms with Crippen molar-refractivity contribution >= 4 is 0 Å². The molecule has 1 atom stereocenters. The SMILES string of the molecule is NCc1cccc(COC[C@@H]2CCCO2)c1. The molecule has 88 valence electrons. The maximum Gasteiger partial charge on any atom is 0.0809 e. The van der Waals surface area contributed by atoms with Crippen LogP contribution in [0.3, 0.4) is 0 Å². The Bertz CT molecular complexity index is 321. The molecule has 2 N–H and O–H groups in total. The zero-order chi connectivity index (χ0) is 11.2. The number of hydrogen-bond acceptors (Lipinski definition) is 3. The maximum absolute atomic E-state index is 5.64. The van der Waals surface area contributed by atoms with Crippen LogP contribution < -0.4 is 5.73 Å². The first-order valence-electron chi connectivity index (χ1n) is 5.85. The summed E-state index contributed by atoms with van der Waals surface area (Å²) in [5.41, 5.74) is 7.92. The third-order valence-electron chi connectivity index (χ3n) is 2.82. The first-order chi connectivity index (χ1) is 7.88. The van der Waals surface area contributed by atoms with E-state index in [1.54, 1.807) is 0 Å². The van der Waals surface area contributed by atoms with E-state index in [1.165, 1.54) is 5.56 Å². The van der Waals surface area contributed by atoms with E-state index in [9.17, 15) is 0 Å². The van der Waals surface area contributed by atoms with E-state index in [0.29, 0.717) is 25.9 Å². The Morgan fingerprint density at radius 3 is 3.00 bits per heavy atom. The number of benzene rings is 1. The lowest BCUT2D eigenvalue weighted by molar-refractivity contribution is 0.0106. The molecule has 1 aliphatic heterocycles. The Labute approximate surface area is 96.5 Å². The fourth-order valence-corrected chi connectivity index (χ4v) is 1.93. The molecule has 1 aromatic rings. The normalized spacial score (nSPS) is 20.2. The van der Waals surface area contributed by atoms with Gasteiger partial charge in [0.1, 0.15) is 0 Å². The van der Waals surface area contributed by atoms with Crippen molar-refractivity contribution in [1.82, 2.24) is 0 Å². The first-order valence-corrected chi connectivity index (χ1v) is 5.85. The van der Waals surface area contributed by atoms with E-state index < -0.39 is 0 Å². The number of rotatable bonds is 5. The van der Waals surface area contributed by atoms with Crippen LogP contribution >= 0.6 is 0 Å². The highest BCUT2D eigenvalue weighted by molar-refractivity contribution is 5.22. The first kappa shape index (κ1) is 11.6. The molecule has 1 aromatic carbocycles. The van der Waals surface area contributed by atoms with Crippen LogP contribution in [-0.4, -0.2) is 19.3 Å². The van der Waals surface area contributed by atoms with Gasteiger partial charge < -0.3 is 15.2 Å². The van der Waals surface area contributed by atoms with E-state index in [4.69, 9.17) is 15.2 Å². The molecule has 0 bridgehead atoms. The van der Waals surface area contributed by atoms with Gasteiger partial charge >= 0.3 is 0 Å². The highest BCUT2D eigenvalue weighted by Crippen LogP contribution is 2.13. The molecular weight excluding hydrogens is 202 g/mol. The second-order valence-electron chi connectivity index (χ2n) is 4.17. The summed E-state index contributed by atoms with van der Waals surface area (Å²) in [7, 11) is 0. The van der Waals surface area contributed by atoms with Gasteiger partial charge in [0.05, 0.1) is 19.3 Å². The Kier molecular flexibility index (Phi) is 4.34. The molecule has 1 fully saturated rings. The summed E-state index contributed by atoms with van der Waals surface area (Å²) in [6.45, 7) is 2.82. The summed E-state index contributed by atoms with van der Waals surface area (Å²) in [5.74, 6) is 0. The molecular formula is C13H19NO2. The van der Waals surface area contributed by atoms with Gasteiger partial charge in [-0.05, 0) is 24.0 Å². The van der Waals surface area contributed by atoms with Gasteiger partial charge in [0.2, 0.25) is 0 Å². The van der Waals surface area contributed by atoms with Crippen LogP contribution in [0.15, 0.2) is 24.3 Å². The molecule has 0 saturated carbocycles. The van der Waals surface area contributed by atoms with E-state index in [-0.39, 0.29) is 0 Å². The fraction of sp³-hybridized carbons (Fsp3) is 0.538. The highest BCUT2D eigenvalue weighted by Gasteiger charge is 2.15. The Hall–Kier alpha value is -0.900. The monoisotopic (exact) mass is 221 g/mol. The molecule has 1 heterocycles. The quantitative estimate of drug-likeness (QED) is 0.825. The van der Waals surface area contributed by atoms with E-state index in [0.717, 1.165) is 25.0 Å². The van der Waals surface area contributed by atoms with Crippen LogP contribution in [0, 0.1) is 0 Å². The third-order valence-corrected chi connectivity index (χ3v) is 2.82. The van der Waals surface area contributed by atoms with Crippen molar-refractivity contribution in [3.8, 4) is 0 Å². The highest BCUT2D eigenvalue weighted by atomic mass is 16.5. The number of ether oxygens (including phenoxy) is 2. The molecule has 0 spiro atoms. The van der Waals surface area contributed by atoms with Gasteiger partial charge in [-0.3, -0.25) is 0 Å². The molecule has 0 radical (unpaired) electrons. The molecule has 0 aromatic heterocycles. The minimum absolute atomic E-state index is 0.303. The van der Waals surface area contributed by atoms with Crippen LogP contribution in [-0.2, 0) is 22.6 Å². The van der Waals surface area contributed by atoms with E-state index >= 15 is 0 Å². The second-order valence-corrected chi connectivity index (χ2v) is 4.17. The summed E-state index contributed by atoms with van der Waals surface area (Å²) in [4.78, 5) is 0. The molecule has 3 nitrogen and oxygen atoms in total. The average molecular weight is 221 g/mol. The molecule has 1 saturated heterocycles. The van der Waals surface area contributed by atoms with Gasteiger partial charge in [-0.1, -0.05) is 24.3 Å². The van der Waals surface area contributed by atoms with Crippen LogP contribution in [0.4, 0.5) is 0 Å². The lowest BCUT2D eigenvalue weighted by Gasteiger charge is -2.10. The van der Waals surface area contributed by atoms with Gasteiger partial charge in [-0.2, -0.15) is 0 Å². The molecule has 2 rings (SSSR count). The predicted molar refractivity (Wildman–Crippen MR) is 63.0 cm³/mol. The van der Waals surface area contributed by atoms with E-state index in [1.807, 2.05) is 12.1 Å². The molecule has 0 aliphatic carbocycles. The van der Waals surface area contributed by atoms with E-state index in [2.05, 4.69) is 12.1 Å². The Morgan fingerprint density at radius 1 is 1.38 bits per heavy atom. The minimum Gasteiger partial charge on any atom is -0.376 e. The largest absolute Gasteiger partial charge is 0.376 e. The Balaban J connectivity index is 1.75. The van der Waals surface area contributed by atoms with Crippen molar-refractivity contribution < 1.29 is 9.47 Å². The van der Waals surface area contributed by atoms with Crippen LogP contribution in [0.5, 0.6) is 0 Å². The second kappa shape index (κ2) is 5.99. The summed E-state index contributed by atoms with van der Waals surface area (Å²) in [5, 5.41) is 0. The van der Waals surface area contributed by atoms with Crippen molar-refractivity contribution in [1.29, 1.82) is 0 Å². The smallest absolute Gasteiger partial charge is 0.0809 e.